The molecule has 2 atom stereocenters. The highest BCUT2D eigenvalue weighted by Crippen LogP contribution is 2.36. The van der Waals surface area contributed by atoms with Gasteiger partial charge in [-0.3, -0.25) is 4.79 Å². The fraction of sp³-hybridized carbons (Fsp3) is 0.650. The van der Waals surface area contributed by atoms with Gasteiger partial charge in [-0.1, -0.05) is 6.07 Å². The van der Waals surface area contributed by atoms with Crippen LogP contribution in [0.3, 0.4) is 0 Å². The molecule has 24 heavy (non-hydrogen) atoms. The SMILES string of the molecule is COc1ccc2c(c1)CCCC2CC(=O)N1CCC(C(C)O)CC1. The van der Waals surface area contributed by atoms with Crippen molar-refractivity contribution in [3.05, 3.63) is 29.3 Å². The number of aliphatic hydroxyl groups is 1. The molecule has 1 fully saturated rings. The summed E-state index contributed by atoms with van der Waals surface area (Å²) in [6.45, 7) is 3.43. The lowest BCUT2D eigenvalue weighted by atomic mass is 9.80. The fourth-order valence-corrected chi connectivity index (χ4v) is 4.20. The minimum absolute atomic E-state index is 0.262. The first-order valence-corrected chi connectivity index (χ1v) is 9.21. The van der Waals surface area contributed by atoms with Gasteiger partial charge in [0.25, 0.3) is 0 Å². The van der Waals surface area contributed by atoms with E-state index in [1.165, 1.54) is 11.1 Å². The third-order valence-electron chi connectivity index (χ3n) is 5.78. The average Bonchev–Trinajstić information content (AvgIpc) is 2.61. The van der Waals surface area contributed by atoms with Crippen LogP contribution in [0.25, 0.3) is 0 Å². The second kappa shape index (κ2) is 7.56. The standard InChI is InChI=1S/C20H29NO3/c1-14(22)15-8-10-21(11-9-15)20(23)13-17-5-3-4-16-12-18(24-2)6-7-19(16)17/h6-7,12,14-15,17,22H,3-5,8-11,13H2,1-2H3. The normalized spacial score (nSPS) is 22.8. The van der Waals surface area contributed by atoms with Gasteiger partial charge in [-0.15, -0.1) is 0 Å². The Morgan fingerprint density at radius 1 is 1.33 bits per heavy atom. The van der Waals surface area contributed by atoms with E-state index in [4.69, 9.17) is 4.74 Å². The Morgan fingerprint density at radius 3 is 2.75 bits per heavy atom. The van der Waals surface area contributed by atoms with E-state index in [2.05, 4.69) is 12.1 Å². The van der Waals surface area contributed by atoms with E-state index in [0.717, 1.165) is 50.9 Å². The molecule has 0 aromatic heterocycles. The van der Waals surface area contributed by atoms with E-state index in [0.29, 0.717) is 18.3 Å². The van der Waals surface area contributed by atoms with E-state index >= 15 is 0 Å². The Hall–Kier alpha value is -1.55. The molecule has 0 radical (unpaired) electrons. The Balaban J connectivity index is 1.62. The van der Waals surface area contributed by atoms with Crippen molar-refractivity contribution in [2.24, 2.45) is 5.92 Å². The summed E-state index contributed by atoms with van der Waals surface area (Å²) in [5, 5.41) is 9.70. The molecular formula is C20H29NO3. The molecule has 132 valence electrons. The summed E-state index contributed by atoms with van der Waals surface area (Å²) in [5.74, 6) is 1.85. The van der Waals surface area contributed by atoms with Gasteiger partial charge in [0.1, 0.15) is 5.75 Å². The quantitative estimate of drug-likeness (QED) is 0.922. The van der Waals surface area contributed by atoms with Crippen LogP contribution in [0, 0.1) is 5.92 Å². The molecule has 1 saturated heterocycles. The number of amides is 1. The van der Waals surface area contributed by atoms with Crippen LogP contribution in [0.15, 0.2) is 18.2 Å². The van der Waals surface area contributed by atoms with E-state index in [9.17, 15) is 9.90 Å². The number of piperidine rings is 1. The third kappa shape index (κ3) is 3.75. The summed E-state index contributed by atoms with van der Waals surface area (Å²) in [6, 6.07) is 6.28. The number of rotatable bonds is 4. The molecule has 2 aliphatic rings. The highest BCUT2D eigenvalue weighted by molar-refractivity contribution is 5.77. The highest BCUT2D eigenvalue weighted by atomic mass is 16.5. The minimum atomic E-state index is -0.262. The van der Waals surface area contributed by atoms with Gasteiger partial charge in [-0.25, -0.2) is 0 Å². The molecule has 0 spiro atoms. The van der Waals surface area contributed by atoms with E-state index < -0.39 is 0 Å². The number of hydrogen-bond acceptors (Lipinski definition) is 3. The molecule has 1 amide bonds. The smallest absolute Gasteiger partial charge is 0.223 e. The number of aliphatic hydroxyl groups excluding tert-OH is 1. The number of methoxy groups -OCH3 is 1. The van der Waals surface area contributed by atoms with Crippen molar-refractivity contribution in [1.29, 1.82) is 0 Å². The molecule has 1 aliphatic carbocycles. The van der Waals surface area contributed by atoms with Gasteiger partial charge in [0.05, 0.1) is 13.2 Å². The summed E-state index contributed by atoms with van der Waals surface area (Å²) in [6.07, 6.45) is 5.50. The van der Waals surface area contributed by atoms with Gasteiger partial charge in [-0.05, 0) is 74.1 Å². The first-order valence-electron chi connectivity index (χ1n) is 9.21. The number of carbonyl (C=O) groups is 1. The number of fused-ring (bicyclic) bond motifs is 1. The molecule has 1 aromatic rings. The lowest BCUT2D eigenvalue weighted by molar-refractivity contribution is -0.133. The van der Waals surface area contributed by atoms with Gasteiger partial charge in [0.15, 0.2) is 0 Å². The zero-order valence-corrected chi connectivity index (χ0v) is 14.8. The lowest BCUT2D eigenvalue weighted by Crippen LogP contribution is -2.41. The maximum atomic E-state index is 12.7. The molecule has 4 nitrogen and oxygen atoms in total. The van der Waals surface area contributed by atoms with Crippen LogP contribution in [0.5, 0.6) is 5.75 Å². The van der Waals surface area contributed by atoms with Crippen molar-refractivity contribution in [1.82, 2.24) is 4.90 Å². The fourth-order valence-electron chi connectivity index (χ4n) is 4.20. The van der Waals surface area contributed by atoms with Gasteiger partial charge in [0.2, 0.25) is 5.91 Å². The summed E-state index contributed by atoms with van der Waals surface area (Å²) in [4.78, 5) is 14.7. The van der Waals surface area contributed by atoms with Crippen molar-refractivity contribution < 1.29 is 14.6 Å². The number of nitrogens with zero attached hydrogens (tertiary/aromatic N) is 1. The number of likely N-dealkylation sites (tertiary alicyclic amines) is 1. The molecule has 1 heterocycles. The zero-order valence-electron chi connectivity index (χ0n) is 14.8. The summed E-state index contributed by atoms with van der Waals surface area (Å²) < 4.78 is 5.33. The molecule has 1 N–H and O–H groups in total. The average molecular weight is 331 g/mol. The summed E-state index contributed by atoms with van der Waals surface area (Å²) in [7, 11) is 1.70. The molecule has 3 rings (SSSR count). The van der Waals surface area contributed by atoms with Crippen LogP contribution >= 0.6 is 0 Å². The summed E-state index contributed by atoms with van der Waals surface area (Å²) >= 11 is 0. The summed E-state index contributed by atoms with van der Waals surface area (Å²) in [5.41, 5.74) is 2.67. The van der Waals surface area contributed by atoms with Crippen molar-refractivity contribution >= 4 is 5.91 Å². The van der Waals surface area contributed by atoms with Gasteiger partial charge < -0.3 is 14.7 Å². The highest BCUT2D eigenvalue weighted by Gasteiger charge is 2.28. The van der Waals surface area contributed by atoms with E-state index in [1.807, 2.05) is 17.9 Å². The molecule has 1 aliphatic heterocycles. The van der Waals surface area contributed by atoms with Crippen LogP contribution in [0.4, 0.5) is 0 Å². The molecule has 2 unspecified atom stereocenters. The largest absolute Gasteiger partial charge is 0.497 e. The Labute approximate surface area is 144 Å². The number of benzene rings is 1. The van der Waals surface area contributed by atoms with Gasteiger partial charge in [-0.2, -0.15) is 0 Å². The number of ether oxygens (including phenoxy) is 1. The van der Waals surface area contributed by atoms with Crippen molar-refractivity contribution in [3.63, 3.8) is 0 Å². The van der Waals surface area contributed by atoms with Crippen LogP contribution in [-0.4, -0.2) is 42.2 Å². The molecule has 1 aromatic carbocycles. The second-order valence-corrected chi connectivity index (χ2v) is 7.32. The molecule has 0 bridgehead atoms. The zero-order chi connectivity index (χ0) is 17.1. The predicted molar refractivity (Wildman–Crippen MR) is 94.3 cm³/mol. The maximum Gasteiger partial charge on any atom is 0.223 e. The number of hydrogen-bond donors (Lipinski definition) is 1. The first-order chi connectivity index (χ1) is 11.6. The molecular weight excluding hydrogens is 302 g/mol. The minimum Gasteiger partial charge on any atom is -0.497 e. The van der Waals surface area contributed by atoms with E-state index in [1.54, 1.807) is 7.11 Å². The number of carbonyl (C=O) groups excluding carboxylic acids is 1. The molecule has 4 heteroatoms. The van der Waals surface area contributed by atoms with Crippen LogP contribution in [0.2, 0.25) is 0 Å². The van der Waals surface area contributed by atoms with Gasteiger partial charge >= 0.3 is 0 Å². The van der Waals surface area contributed by atoms with Crippen LogP contribution < -0.4 is 4.74 Å². The monoisotopic (exact) mass is 331 g/mol. The maximum absolute atomic E-state index is 12.7. The van der Waals surface area contributed by atoms with E-state index in [-0.39, 0.29) is 12.0 Å². The van der Waals surface area contributed by atoms with Crippen molar-refractivity contribution in [2.45, 2.75) is 57.5 Å². The Kier molecular flexibility index (Phi) is 5.44. The second-order valence-electron chi connectivity index (χ2n) is 7.32. The Morgan fingerprint density at radius 2 is 2.08 bits per heavy atom. The van der Waals surface area contributed by atoms with Crippen LogP contribution in [-0.2, 0) is 11.2 Å². The predicted octanol–water partition coefficient (Wildman–Crippen LogP) is 3.12. The van der Waals surface area contributed by atoms with Crippen molar-refractivity contribution in [3.8, 4) is 5.75 Å². The topological polar surface area (TPSA) is 49.8 Å². The first kappa shape index (κ1) is 17.3. The van der Waals surface area contributed by atoms with Crippen molar-refractivity contribution in [2.75, 3.05) is 20.2 Å². The Bertz CT molecular complexity index is 576. The van der Waals surface area contributed by atoms with Gasteiger partial charge in [0, 0.05) is 19.5 Å². The third-order valence-corrected chi connectivity index (χ3v) is 5.78. The lowest BCUT2D eigenvalue weighted by Gasteiger charge is -2.35. The number of aryl methyl sites for hydroxylation is 1. The molecule has 0 saturated carbocycles. The van der Waals surface area contributed by atoms with Crippen LogP contribution in [0.1, 0.15) is 56.1 Å².